The zero-order valence-electron chi connectivity index (χ0n) is 12.9. The smallest absolute Gasteiger partial charge is 0.0235 e. The van der Waals surface area contributed by atoms with E-state index in [1.807, 2.05) is 0 Å². The third-order valence-electron chi connectivity index (χ3n) is 3.94. The minimum absolute atomic E-state index is 1.16. The molecular formula is C20H26. The summed E-state index contributed by atoms with van der Waals surface area (Å²) in [5.41, 5.74) is 6.12. The van der Waals surface area contributed by atoms with E-state index >= 15 is 0 Å². The molecule has 2 rings (SSSR count). The molecule has 2 aromatic rings. The van der Waals surface area contributed by atoms with Gasteiger partial charge in [0.05, 0.1) is 0 Å². The van der Waals surface area contributed by atoms with Crippen LogP contribution < -0.4 is 0 Å². The third-order valence-corrected chi connectivity index (χ3v) is 3.94. The van der Waals surface area contributed by atoms with E-state index in [4.69, 9.17) is 0 Å². The Hall–Kier alpha value is -1.56. The number of hydrogen-bond acceptors (Lipinski definition) is 0. The maximum atomic E-state index is 2.30. The molecule has 2 aromatic carbocycles. The van der Waals surface area contributed by atoms with Crippen LogP contribution in [-0.4, -0.2) is 0 Å². The van der Waals surface area contributed by atoms with Crippen LogP contribution >= 0.6 is 0 Å². The van der Waals surface area contributed by atoms with Gasteiger partial charge in [0.25, 0.3) is 0 Å². The van der Waals surface area contributed by atoms with Crippen LogP contribution in [0, 0.1) is 0 Å². The van der Waals surface area contributed by atoms with Crippen LogP contribution in [0.25, 0.3) is 0 Å². The van der Waals surface area contributed by atoms with Crippen molar-refractivity contribution < 1.29 is 0 Å². The van der Waals surface area contributed by atoms with Crippen molar-refractivity contribution in [2.24, 2.45) is 0 Å². The Morgan fingerprint density at radius 2 is 0.800 bits per heavy atom. The summed E-state index contributed by atoms with van der Waals surface area (Å²) in [7, 11) is 0. The molecule has 0 saturated carbocycles. The summed E-state index contributed by atoms with van der Waals surface area (Å²) < 4.78 is 0. The van der Waals surface area contributed by atoms with Crippen LogP contribution in [0.3, 0.4) is 0 Å². The van der Waals surface area contributed by atoms with Crippen molar-refractivity contribution in [1.29, 1.82) is 0 Å². The topological polar surface area (TPSA) is 0 Å². The Morgan fingerprint density at radius 3 is 1.10 bits per heavy atom. The van der Waals surface area contributed by atoms with E-state index in [1.54, 1.807) is 0 Å². The number of rotatable bonds is 7. The monoisotopic (exact) mass is 266 g/mol. The first-order chi connectivity index (χ1) is 9.85. The van der Waals surface area contributed by atoms with Crippen molar-refractivity contribution in [2.45, 2.75) is 52.4 Å². The van der Waals surface area contributed by atoms with E-state index in [0.29, 0.717) is 0 Å². The highest BCUT2D eigenvalue weighted by Gasteiger charge is 2.04. The van der Waals surface area contributed by atoms with E-state index in [9.17, 15) is 0 Å². The van der Waals surface area contributed by atoms with Gasteiger partial charge in [-0.15, -0.1) is 0 Å². The van der Waals surface area contributed by atoms with Crippen molar-refractivity contribution in [3.8, 4) is 0 Å². The first kappa shape index (κ1) is 14.8. The van der Waals surface area contributed by atoms with Crippen LogP contribution in [0.1, 0.15) is 48.9 Å². The second-order valence-electron chi connectivity index (χ2n) is 5.54. The average molecular weight is 266 g/mol. The molecule has 0 bridgehead atoms. The van der Waals surface area contributed by atoms with Crippen molar-refractivity contribution in [2.75, 3.05) is 0 Å². The maximum absolute atomic E-state index is 2.30. The molecule has 106 valence electrons. The Morgan fingerprint density at radius 1 is 0.500 bits per heavy atom. The minimum Gasteiger partial charge on any atom is -0.0651 e. The minimum atomic E-state index is 1.16. The molecule has 0 aromatic heterocycles. The fourth-order valence-corrected chi connectivity index (χ4v) is 2.90. The number of aryl methyl sites for hydroxylation is 4. The molecule has 0 spiro atoms. The van der Waals surface area contributed by atoms with Gasteiger partial charge < -0.3 is 0 Å². The third kappa shape index (κ3) is 3.96. The summed E-state index contributed by atoms with van der Waals surface area (Å²) in [5, 5.41) is 0. The first-order valence-corrected chi connectivity index (χ1v) is 7.98. The summed E-state index contributed by atoms with van der Waals surface area (Å²) >= 11 is 0. The highest BCUT2D eigenvalue weighted by Crippen LogP contribution is 2.17. The second kappa shape index (κ2) is 7.89. The van der Waals surface area contributed by atoms with Gasteiger partial charge in [-0.2, -0.15) is 0 Å². The van der Waals surface area contributed by atoms with Crippen molar-refractivity contribution >= 4 is 0 Å². The summed E-state index contributed by atoms with van der Waals surface area (Å²) in [6.07, 6.45) is 7.18. The van der Waals surface area contributed by atoms with Gasteiger partial charge in [-0.25, -0.2) is 0 Å². The highest BCUT2D eigenvalue weighted by atomic mass is 14.1. The van der Waals surface area contributed by atoms with Gasteiger partial charge in [0, 0.05) is 0 Å². The first-order valence-electron chi connectivity index (χ1n) is 7.98. The van der Waals surface area contributed by atoms with Gasteiger partial charge >= 0.3 is 0 Å². The van der Waals surface area contributed by atoms with Gasteiger partial charge in [-0.3, -0.25) is 0 Å². The normalized spacial score (nSPS) is 10.7. The van der Waals surface area contributed by atoms with Gasteiger partial charge in [0.2, 0.25) is 0 Å². The Kier molecular flexibility index (Phi) is 5.86. The van der Waals surface area contributed by atoms with E-state index in [1.165, 1.54) is 47.9 Å². The summed E-state index contributed by atoms with van der Waals surface area (Å²) in [5.74, 6) is 0. The van der Waals surface area contributed by atoms with E-state index in [2.05, 4.69) is 62.4 Å². The quantitative estimate of drug-likeness (QED) is 0.631. The Labute approximate surface area is 123 Å². The molecule has 0 heteroatoms. The summed E-state index contributed by atoms with van der Waals surface area (Å²) in [6.45, 7) is 4.51. The molecule has 0 unspecified atom stereocenters. The average Bonchev–Trinajstić information content (AvgIpc) is 2.48. The SMILES string of the molecule is CCCc1ccccc1CCc1ccccc1CCC. The fraction of sp³-hybridized carbons (Fsp3) is 0.400. The Balaban J connectivity index is 2.09. The summed E-state index contributed by atoms with van der Waals surface area (Å²) in [6, 6.07) is 17.9. The molecule has 0 radical (unpaired) electrons. The molecule has 0 heterocycles. The Bertz CT molecular complexity index is 476. The fourth-order valence-electron chi connectivity index (χ4n) is 2.90. The van der Waals surface area contributed by atoms with Crippen LogP contribution in [0.4, 0.5) is 0 Å². The molecule has 0 atom stereocenters. The van der Waals surface area contributed by atoms with E-state index in [-0.39, 0.29) is 0 Å². The van der Waals surface area contributed by atoms with Crippen LogP contribution in [-0.2, 0) is 25.7 Å². The lowest BCUT2D eigenvalue weighted by molar-refractivity contribution is 0.853. The zero-order valence-corrected chi connectivity index (χ0v) is 12.9. The number of hydrogen-bond donors (Lipinski definition) is 0. The van der Waals surface area contributed by atoms with E-state index < -0.39 is 0 Å². The molecule has 0 amide bonds. The zero-order chi connectivity index (χ0) is 14.2. The van der Waals surface area contributed by atoms with Gasteiger partial charge in [-0.1, -0.05) is 75.2 Å². The maximum Gasteiger partial charge on any atom is -0.0235 e. The van der Waals surface area contributed by atoms with E-state index in [0.717, 1.165) is 12.8 Å². The lowest BCUT2D eigenvalue weighted by Crippen LogP contribution is -2.00. The van der Waals surface area contributed by atoms with Crippen molar-refractivity contribution in [3.05, 3.63) is 70.8 Å². The van der Waals surface area contributed by atoms with Gasteiger partial charge in [0.1, 0.15) is 0 Å². The molecule has 20 heavy (non-hydrogen) atoms. The number of benzene rings is 2. The molecule has 0 fully saturated rings. The second-order valence-corrected chi connectivity index (χ2v) is 5.54. The van der Waals surface area contributed by atoms with Crippen LogP contribution in [0.5, 0.6) is 0 Å². The van der Waals surface area contributed by atoms with Crippen LogP contribution in [0.2, 0.25) is 0 Å². The van der Waals surface area contributed by atoms with Crippen molar-refractivity contribution in [1.82, 2.24) is 0 Å². The highest BCUT2D eigenvalue weighted by molar-refractivity contribution is 5.31. The van der Waals surface area contributed by atoms with Gasteiger partial charge in [0.15, 0.2) is 0 Å². The predicted octanol–water partition coefficient (Wildman–Crippen LogP) is 5.38. The molecule has 0 aliphatic rings. The van der Waals surface area contributed by atoms with Crippen LogP contribution in [0.15, 0.2) is 48.5 Å². The molecular weight excluding hydrogens is 240 g/mol. The molecule has 0 nitrogen and oxygen atoms in total. The largest absolute Gasteiger partial charge is 0.0651 e. The van der Waals surface area contributed by atoms with Gasteiger partial charge in [-0.05, 0) is 47.9 Å². The van der Waals surface area contributed by atoms with Crippen molar-refractivity contribution in [3.63, 3.8) is 0 Å². The predicted molar refractivity (Wildman–Crippen MR) is 88.3 cm³/mol. The lowest BCUT2D eigenvalue weighted by atomic mass is 9.94. The molecule has 0 aliphatic heterocycles. The lowest BCUT2D eigenvalue weighted by Gasteiger charge is -2.11. The molecule has 0 N–H and O–H groups in total. The molecule has 0 aliphatic carbocycles. The summed E-state index contributed by atoms with van der Waals surface area (Å²) in [4.78, 5) is 0. The molecule has 0 saturated heterocycles. The standard InChI is InChI=1S/C20H26/c1-3-9-17-11-5-7-13-19(17)15-16-20-14-8-6-12-18(20)10-4-2/h5-8,11-14H,3-4,9-10,15-16H2,1-2H3.